The summed E-state index contributed by atoms with van der Waals surface area (Å²) < 4.78 is 6.49. The third kappa shape index (κ3) is 3.76. The van der Waals surface area contributed by atoms with Gasteiger partial charge in [-0.1, -0.05) is 46.4 Å². The van der Waals surface area contributed by atoms with Crippen LogP contribution in [0.5, 0.6) is 5.75 Å². The molecule has 12 atom stereocenters. The van der Waals surface area contributed by atoms with Gasteiger partial charge in [0.15, 0.2) is 0 Å². The van der Waals surface area contributed by atoms with Crippen molar-refractivity contribution in [2.75, 3.05) is 0 Å². The molecule has 1 aromatic rings. The van der Waals surface area contributed by atoms with Crippen molar-refractivity contribution in [3.8, 4) is 5.75 Å². The number of esters is 1. The number of fused-ring (bicyclic) bond motifs is 7. The molecule has 0 saturated heterocycles. The minimum absolute atomic E-state index is 0.0896. The number of rotatable bonds is 3. The van der Waals surface area contributed by atoms with Crippen molar-refractivity contribution in [2.24, 2.45) is 51.2 Å². The van der Waals surface area contributed by atoms with Crippen LogP contribution in [0.25, 0.3) is 0 Å². The highest BCUT2D eigenvalue weighted by atomic mass is 16.6. The average molecular weight is 563 g/mol. The van der Waals surface area contributed by atoms with E-state index in [2.05, 4.69) is 47.8 Å². The van der Waals surface area contributed by atoms with Crippen LogP contribution in [-0.4, -0.2) is 39.6 Å². The van der Waals surface area contributed by atoms with Gasteiger partial charge in [0.25, 0.3) is 0 Å². The van der Waals surface area contributed by atoms with Crippen molar-refractivity contribution in [1.82, 2.24) is 0 Å². The Morgan fingerprint density at radius 1 is 0.902 bits per heavy atom. The van der Waals surface area contributed by atoms with E-state index in [1.54, 1.807) is 12.1 Å². The summed E-state index contributed by atoms with van der Waals surface area (Å²) in [6.07, 6.45) is 5.85. The smallest absolute Gasteiger partial charge is 0.338 e. The van der Waals surface area contributed by atoms with E-state index >= 15 is 0 Å². The van der Waals surface area contributed by atoms with E-state index in [9.17, 15) is 20.1 Å². The first-order chi connectivity index (χ1) is 19.2. The molecule has 3 N–H and O–H groups in total. The van der Waals surface area contributed by atoms with Crippen LogP contribution in [0.15, 0.2) is 48.6 Å². The van der Waals surface area contributed by atoms with Gasteiger partial charge in [-0.05, 0) is 128 Å². The van der Waals surface area contributed by atoms with Crippen molar-refractivity contribution in [3.05, 3.63) is 54.1 Å². The van der Waals surface area contributed by atoms with Crippen LogP contribution in [0, 0.1) is 51.2 Å². The summed E-state index contributed by atoms with van der Waals surface area (Å²) >= 11 is 0. The summed E-state index contributed by atoms with van der Waals surface area (Å²) in [6.45, 7) is 20.5. The molecule has 6 rings (SSSR count). The molecule has 0 spiro atoms. The van der Waals surface area contributed by atoms with E-state index < -0.39 is 29.7 Å². The number of ether oxygens (including phenoxy) is 1. The molecule has 0 amide bonds. The highest BCUT2D eigenvalue weighted by Gasteiger charge is 2.75. The first-order valence-electron chi connectivity index (χ1n) is 15.9. The van der Waals surface area contributed by atoms with Gasteiger partial charge in [0.2, 0.25) is 0 Å². The summed E-state index contributed by atoms with van der Waals surface area (Å²) in [5.41, 5.74) is 1.69. The molecule has 0 aliphatic heterocycles. The van der Waals surface area contributed by atoms with E-state index in [-0.39, 0.29) is 33.8 Å². The second kappa shape index (κ2) is 9.44. The number of phenols is 1. The molecule has 0 heterocycles. The van der Waals surface area contributed by atoms with Crippen molar-refractivity contribution in [3.63, 3.8) is 0 Å². The number of benzene rings is 1. The highest BCUT2D eigenvalue weighted by molar-refractivity contribution is 5.89. The Balaban J connectivity index is 1.47. The molecule has 0 bridgehead atoms. The van der Waals surface area contributed by atoms with Crippen molar-refractivity contribution in [2.45, 2.75) is 104 Å². The Bertz CT molecular complexity index is 1250. The zero-order valence-corrected chi connectivity index (χ0v) is 25.7. The Morgan fingerprint density at radius 3 is 2.20 bits per heavy atom. The topological polar surface area (TPSA) is 87.0 Å². The van der Waals surface area contributed by atoms with Crippen molar-refractivity contribution in [1.29, 1.82) is 0 Å². The van der Waals surface area contributed by atoms with Gasteiger partial charge in [0, 0.05) is 11.3 Å². The molecular weight excluding hydrogens is 512 g/mol. The largest absolute Gasteiger partial charge is 0.508 e. The zero-order valence-electron chi connectivity index (χ0n) is 25.7. The maximum absolute atomic E-state index is 13.7. The fraction of sp³-hybridized carbons (Fsp3) is 0.694. The van der Waals surface area contributed by atoms with Gasteiger partial charge < -0.3 is 20.1 Å². The summed E-state index contributed by atoms with van der Waals surface area (Å²) in [5.74, 6) is 1.13. The van der Waals surface area contributed by atoms with Gasteiger partial charge in [-0.15, -0.1) is 0 Å². The molecule has 5 nitrogen and oxygen atoms in total. The Labute approximate surface area is 246 Å². The molecule has 0 aromatic heterocycles. The third-order valence-electron chi connectivity index (χ3n) is 14.1. The summed E-state index contributed by atoms with van der Waals surface area (Å²) in [7, 11) is 0. The van der Waals surface area contributed by atoms with E-state index in [4.69, 9.17) is 4.74 Å². The first-order valence-corrected chi connectivity index (χ1v) is 15.9. The van der Waals surface area contributed by atoms with Crippen molar-refractivity contribution >= 4 is 5.97 Å². The monoisotopic (exact) mass is 562 g/mol. The van der Waals surface area contributed by atoms with Crippen LogP contribution in [0.3, 0.4) is 0 Å². The molecule has 5 fully saturated rings. The van der Waals surface area contributed by atoms with Crippen molar-refractivity contribution < 1.29 is 24.9 Å². The molecular formula is C36H50O5. The number of aliphatic hydroxyl groups excluding tert-OH is 2. The minimum atomic E-state index is -0.961. The van der Waals surface area contributed by atoms with Crippen LogP contribution in [0.1, 0.15) is 96.3 Å². The summed E-state index contributed by atoms with van der Waals surface area (Å²) in [6, 6.07) is 6.14. The van der Waals surface area contributed by atoms with Gasteiger partial charge in [-0.25, -0.2) is 4.79 Å². The van der Waals surface area contributed by atoms with Gasteiger partial charge >= 0.3 is 5.97 Å². The zero-order chi connectivity index (χ0) is 29.7. The van der Waals surface area contributed by atoms with Crippen LogP contribution in [-0.2, 0) is 4.74 Å². The lowest BCUT2D eigenvalue weighted by atomic mass is 9.32. The lowest BCUT2D eigenvalue weighted by Gasteiger charge is -2.74. The molecule has 5 aliphatic carbocycles. The second-order valence-electron chi connectivity index (χ2n) is 15.5. The number of aromatic hydroxyl groups is 1. The molecule has 1 aromatic carbocycles. The molecule has 5 aliphatic rings. The maximum atomic E-state index is 13.7. The number of carbonyl (C=O) groups excluding carboxylic acids is 1. The molecule has 5 heteroatoms. The summed E-state index contributed by atoms with van der Waals surface area (Å²) in [4.78, 5) is 13.7. The maximum Gasteiger partial charge on any atom is 0.338 e. The quantitative estimate of drug-likeness (QED) is 0.271. The van der Waals surface area contributed by atoms with Gasteiger partial charge in [0.1, 0.15) is 11.9 Å². The number of hydrogen-bond acceptors (Lipinski definition) is 5. The van der Waals surface area contributed by atoms with Gasteiger partial charge in [0.05, 0.1) is 17.8 Å². The van der Waals surface area contributed by atoms with Crippen LogP contribution in [0.2, 0.25) is 0 Å². The Morgan fingerprint density at radius 2 is 1.54 bits per heavy atom. The SMILES string of the molecule is C=C(C)[C@@H]1CC[C@@]2(C)[C@@H]1CC[C@]1(C)[C@@H]2CCC2[C@@]1(C)[C@@H](OC(=O)c1ccc(O)cc1)[C@@H](O)[C@@H]1C(=C)[C@@H](O)CC[C@]21C. The lowest BCUT2D eigenvalue weighted by molar-refractivity contribution is -0.291. The van der Waals surface area contributed by atoms with E-state index in [1.807, 2.05) is 0 Å². The van der Waals surface area contributed by atoms with Crippen LogP contribution >= 0.6 is 0 Å². The van der Waals surface area contributed by atoms with E-state index in [1.165, 1.54) is 30.5 Å². The van der Waals surface area contributed by atoms with E-state index in [0.29, 0.717) is 35.3 Å². The first kappa shape index (κ1) is 29.0. The van der Waals surface area contributed by atoms with Gasteiger partial charge in [-0.3, -0.25) is 0 Å². The molecule has 1 unspecified atom stereocenters. The molecule has 0 radical (unpaired) electrons. The minimum Gasteiger partial charge on any atom is -0.508 e. The van der Waals surface area contributed by atoms with E-state index in [0.717, 1.165) is 32.1 Å². The number of carbonyl (C=O) groups is 1. The molecule has 41 heavy (non-hydrogen) atoms. The number of aliphatic hydroxyl groups is 2. The molecule has 224 valence electrons. The fourth-order valence-electron chi connectivity index (χ4n) is 12.0. The fourth-order valence-corrected chi connectivity index (χ4v) is 12.0. The Hall–Kier alpha value is -2.11. The number of hydrogen-bond donors (Lipinski definition) is 3. The predicted octanol–water partition coefficient (Wildman–Crippen LogP) is 7.07. The number of allylic oxidation sites excluding steroid dienone is 1. The van der Waals surface area contributed by atoms with Crippen LogP contribution < -0.4 is 0 Å². The third-order valence-corrected chi connectivity index (χ3v) is 14.1. The highest BCUT2D eigenvalue weighted by Crippen LogP contribution is 2.77. The normalized spacial score (nSPS) is 48.8. The summed E-state index contributed by atoms with van der Waals surface area (Å²) in [5, 5.41) is 33.0. The van der Waals surface area contributed by atoms with Crippen LogP contribution in [0.4, 0.5) is 0 Å². The lowest BCUT2D eigenvalue weighted by Crippen LogP contribution is -2.73. The Kier molecular flexibility index (Phi) is 6.68. The standard InChI is InChI=1S/C36H50O5/c1-20(2)24-14-17-33(4)25(24)15-19-35(6)27(33)12-13-28-34(5)18-16-26(38)21(3)29(34)30(39)31(36(28,35)7)41-32(40)22-8-10-23(37)11-9-22/h8-11,24-31,37-39H,1,3,12-19H2,2,4-7H3/t24-,25+,26-,27+,28?,29-,30-,31-,33-,34+,35+,36-/m0/s1. The second-order valence-corrected chi connectivity index (χ2v) is 15.5. The molecule has 5 saturated carbocycles. The average Bonchev–Trinajstić information content (AvgIpc) is 3.27. The predicted molar refractivity (Wildman–Crippen MR) is 160 cm³/mol. The number of phenolic OH excluding ortho intramolecular Hbond substituents is 1. The van der Waals surface area contributed by atoms with Gasteiger partial charge in [-0.2, -0.15) is 0 Å².